The van der Waals surface area contributed by atoms with E-state index in [1.165, 1.54) is 26.0 Å². The lowest BCUT2D eigenvalue weighted by atomic mass is 10.2. The van der Waals surface area contributed by atoms with E-state index in [1.54, 1.807) is 12.1 Å². The van der Waals surface area contributed by atoms with E-state index >= 15 is 0 Å². The Morgan fingerprint density at radius 2 is 2.07 bits per heavy atom. The molecule has 1 heterocycles. The van der Waals surface area contributed by atoms with Crippen LogP contribution in [0.15, 0.2) is 23.2 Å². The van der Waals surface area contributed by atoms with Gasteiger partial charge in [-0.2, -0.15) is 5.26 Å². The molecule has 1 amide bonds. The van der Waals surface area contributed by atoms with E-state index in [-0.39, 0.29) is 5.91 Å². The number of nitrogens with zero attached hydrogens (tertiary/aromatic N) is 2. The minimum atomic E-state index is -0.417. The average molecular weight is 432 g/mol. The number of thioether (sulfide) groups is 1. The lowest BCUT2D eigenvalue weighted by Gasteiger charge is -2.18. The van der Waals surface area contributed by atoms with Crippen molar-refractivity contribution >= 4 is 35.0 Å². The number of fused-ring (bicyclic) bond motifs is 1. The van der Waals surface area contributed by atoms with Crippen molar-refractivity contribution in [2.45, 2.75) is 42.9 Å². The molecular weight excluding hydrogens is 410 g/mol. The maximum Gasteiger partial charge on any atom is 0.238 e. The highest BCUT2D eigenvalue weighted by atomic mass is 35.5. The number of aromatic nitrogens is 1. The van der Waals surface area contributed by atoms with Crippen molar-refractivity contribution in [3.63, 3.8) is 0 Å². The number of benzene rings is 1. The molecule has 0 spiro atoms. The first-order valence-corrected chi connectivity index (χ1v) is 10.6. The fourth-order valence-corrected chi connectivity index (χ4v) is 4.49. The van der Waals surface area contributed by atoms with Gasteiger partial charge in [-0.3, -0.25) is 4.79 Å². The third kappa shape index (κ3) is 4.60. The highest BCUT2D eigenvalue weighted by molar-refractivity contribution is 8.00. The number of nitriles is 1. The third-order valence-electron chi connectivity index (χ3n) is 4.79. The number of halogens is 1. The van der Waals surface area contributed by atoms with Crippen LogP contribution in [0, 0.1) is 11.3 Å². The molecule has 0 radical (unpaired) electrons. The zero-order valence-electron chi connectivity index (χ0n) is 16.5. The maximum atomic E-state index is 12.9. The molecule has 0 fully saturated rings. The summed E-state index contributed by atoms with van der Waals surface area (Å²) in [5.74, 6) is 0.708. The molecule has 0 saturated carbocycles. The molecule has 1 aliphatic carbocycles. The summed E-state index contributed by atoms with van der Waals surface area (Å²) in [4.78, 5) is 17.6. The molecule has 1 atom stereocenters. The van der Waals surface area contributed by atoms with Crippen molar-refractivity contribution in [3.8, 4) is 17.6 Å². The molecule has 0 bridgehead atoms. The van der Waals surface area contributed by atoms with Crippen LogP contribution in [-0.4, -0.2) is 30.4 Å². The molecule has 0 saturated heterocycles. The number of anilines is 1. The Bertz CT molecular complexity index is 975. The zero-order chi connectivity index (χ0) is 21.0. The lowest BCUT2D eigenvalue weighted by Crippen LogP contribution is -2.25. The summed E-state index contributed by atoms with van der Waals surface area (Å²) < 4.78 is 10.5. The third-order valence-corrected chi connectivity index (χ3v) is 6.45. The Hall–Kier alpha value is -2.43. The SMILES string of the molecule is CCC(Sc1nc2c(cc1C#N)CCC2)C(=O)Nc1cc(Cl)c(OC)cc1OC. The summed E-state index contributed by atoms with van der Waals surface area (Å²) in [6.07, 6.45) is 3.50. The molecule has 0 aliphatic heterocycles. The number of carbonyl (C=O) groups excluding carboxylic acids is 1. The second-order valence-electron chi connectivity index (χ2n) is 6.60. The van der Waals surface area contributed by atoms with Crippen LogP contribution in [0.1, 0.15) is 36.6 Å². The number of carbonyl (C=O) groups is 1. The summed E-state index contributed by atoms with van der Waals surface area (Å²) >= 11 is 7.51. The normalized spacial score (nSPS) is 13.3. The fraction of sp³-hybridized carbons (Fsp3) is 0.381. The smallest absolute Gasteiger partial charge is 0.238 e. The van der Waals surface area contributed by atoms with Crippen LogP contribution in [0.4, 0.5) is 5.69 Å². The molecule has 8 heteroatoms. The Labute approximate surface area is 179 Å². The van der Waals surface area contributed by atoms with E-state index in [9.17, 15) is 10.1 Å². The van der Waals surface area contributed by atoms with Crippen molar-refractivity contribution in [2.75, 3.05) is 19.5 Å². The summed E-state index contributed by atoms with van der Waals surface area (Å²) in [5, 5.41) is 13.0. The quantitative estimate of drug-likeness (QED) is 0.644. The molecule has 1 aromatic heterocycles. The van der Waals surface area contributed by atoms with Gasteiger partial charge in [-0.15, -0.1) is 0 Å². The number of methoxy groups -OCH3 is 2. The molecule has 3 rings (SSSR count). The second-order valence-corrected chi connectivity index (χ2v) is 8.20. The van der Waals surface area contributed by atoms with Crippen LogP contribution in [0.5, 0.6) is 11.5 Å². The number of pyridine rings is 1. The summed E-state index contributed by atoms with van der Waals surface area (Å²) in [6, 6.07) is 7.35. The van der Waals surface area contributed by atoms with Crippen molar-refractivity contribution in [1.29, 1.82) is 5.26 Å². The van der Waals surface area contributed by atoms with Crippen molar-refractivity contribution in [3.05, 3.63) is 40.0 Å². The van der Waals surface area contributed by atoms with Crippen LogP contribution in [0.2, 0.25) is 5.02 Å². The van der Waals surface area contributed by atoms with E-state index in [0.29, 0.717) is 39.2 Å². The zero-order valence-corrected chi connectivity index (χ0v) is 18.1. The van der Waals surface area contributed by atoms with E-state index in [0.717, 1.165) is 30.5 Å². The summed E-state index contributed by atoms with van der Waals surface area (Å²) in [5.41, 5.74) is 3.16. The van der Waals surface area contributed by atoms with Gasteiger partial charge in [-0.05, 0) is 43.4 Å². The Morgan fingerprint density at radius 3 is 2.72 bits per heavy atom. The largest absolute Gasteiger partial charge is 0.495 e. The van der Waals surface area contributed by atoms with E-state index in [2.05, 4.69) is 16.4 Å². The highest BCUT2D eigenvalue weighted by Gasteiger charge is 2.24. The van der Waals surface area contributed by atoms with Gasteiger partial charge in [-0.25, -0.2) is 4.98 Å². The Morgan fingerprint density at radius 1 is 1.31 bits per heavy atom. The number of hydrogen-bond donors (Lipinski definition) is 1. The van der Waals surface area contributed by atoms with Gasteiger partial charge in [0.15, 0.2) is 0 Å². The first-order chi connectivity index (χ1) is 14.0. The monoisotopic (exact) mass is 431 g/mol. The number of amides is 1. The highest BCUT2D eigenvalue weighted by Crippen LogP contribution is 2.37. The second kappa shape index (κ2) is 9.38. The van der Waals surface area contributed by atoms with Crippen LogP contribution >= 0.6 is 23.4 Å². The standard InChI is InChI=1S/C21H22ClN3O3S/c1-4-19(29-21-13(11-23)8-12-6-5-7-15(12)25-21)20(26)24-16-9-14(22)17(27-2)10-18(16)28-3/h8-10,19H,4-7H2,1-3H3,(H,24,26). The predicted octanol–water partition coefficient (Wildman–Crippen LogP) is 4.62. The predicted molar refractivity (Wildman–Crippen MR) is 114 cm³/mol. The minimum Gasteiger partial charge on any atom is -0.495 e. The van der Waals surface area contributed by atoms with Gasteiger partial charge in [0, 0.05) is 11.8 Å². The molecule has 6 nitrogen and oxygen atoms in total. The summed E-state index contributed by atoms with van der Waals surface area (Å²) in [7, 11) is 3.02. The van der Waals surface area contributed by atoms with Gasteiger partial charge < -0.3 is 14.8 Å². The van der Waals surface area contributed by atoms with E-state index in [4.69, 9.17) is 21.1 Å². The molecule has 2 aromatic rings. The number of ether oxygens (including phenoxy) is 2. The maximum absolute atomic E-state index is 12.9. The van der Waals surface area contributed by atoms with Gasteiger partial charge in [0.25, 0.3) is 0 Å². The molecular formula is C21H22ClN3O3S. The van der Waals surface area contributed by atoms with E-state index < -0.39 is 5.25 Å². The summed E-state index contributed by atoms with van der Waals surface area (Å²) in [6.45, 7) is 1.93. The van der Waals surface area contributed by atoms with Gasteiger partial charge in [0.2, 0.25) is 5.91 Å². The first-order valence-electron chi connectivity index (χ1n) is 9.32. The number of nitrogens with one attached hydrogen (secondary N) is 1. The van der Waals surface area contributed by atoms with Crippen LogP contribution in [-0.2, 0) is 17.6 Å². The molecule has 1 aliphatic rings. The molecule has 29 heavy (non-hydrogen) atoms. The topological polar surface area (TPSA) is 84.2 Å². The van der Waals surface area contributed by atoms with Crippen molar-refractivity contribution in [1.82, 2.24) is 4.98 Å². The van der Waals surface area contributed by atoms with E-state index in [1.807, 2.05) is 13.0 Å². The molecule has 1 aromatic carbocycles. The van der Waals surface area contributed by atoms with Gasteiger partial charge in [-0.1, -0.05) is 30.3 Å². The first kappa shape index (κ1) is 21.3. The number of rotatable bonds is 7. The minimum absolute atomic E-state index is 0.205. The van der Waals surface area contributed by atoms with Gasteiger partial charge in [0.1, 0.15) is 22.6 Å². The molecule has 152 valence electrons. The number of aryl methyl sites for hydroxylation is 2. The average Bonchev–Trinajstić information content (AvgIpc) is 3.18. The van der Waals surface area contributed by atoms with Gasteiger partial charge >= 0.3 is 0 Å². The van der Waals surface area contributed by atoms with Gasteiger partial charge in [0.05, 0.1) is 35.7 Å². The van der Waals surface area contributed by atoms with Crippen LogP contribution in [0.25, 0.3) is 0 Å². The lowest BCUT2D eigenvalue weighted by molar-refractivity contribution is -0.115. The molecule has 1 N–H and O–H groups in total. The Kier molecular flexibility index (Phi) is 6.88. The molecule has 1 unspecified atom stereocenters. The van der Waals surface area contributed by atoms with Crippen LogP contribution < -0.4 is 14.8 Å². The van der Waals surface area contributed by atoms with Crippen LogP contribution in [0.3, 0.4) is 0 Å². The van der Waals surface area contributed by atoms with Crippen molar-refractivity contribution < 1.29 is 14.3 Å². The Balaban J connectivity index is 1.82. The van der Waals surface area contributed by atoms with Crippen molar-refractivity contribution in [2.24, 2.45) is 0 Å². The fourth-order valence-electron chi connectivity index (χ4n) is 3.25. The number of hydrogen-bond acceptors (Lipinski definition) is 6.